The van der Waals surface area contributed by atoms with Crippen LogP contribution in [0.2, 0.25) is 0 Å². The molecule has 0 aliphatic carbocycles. The normalized spacial score (nSPS) is 13.9. The molecule has 0 aliphatic rings. The Bertz CT molecular complexity index is 650. The predicted octanol–water partition coefficient (Wildman–Crippen LogP) is 2.10. The first-order valence-corrected chi connectivity index (χ1v) is 8.02. The molecule has 0 saturated carbocycles. The number of halogens is 3. The lowest BCUT2D eigenvalue weighted by molar-refractivity contribution is -0.152. The Labute approximate surface area is 150 Å². The van der Waals surface area contributed by atoms with Gasteiger partial charge < -0.3 is 4.74 Å². The van der Waals surface area contributed by atoms with E-state index >= 15 is 0 Å². The molecule has 2 N–H and O–H groups in total. The van der Waals surface area contributed by atoms with Crippen LogP contribution in [0.4, 0.5) is 13.2 Å². The number of hydrogen-bond acceptors (Lipinski definition) is 4. The standard InChI is InChI=1S/C17H24F3N3O3/c1-10-7-6-8-14(11(10)2)26-13(4)16(25)22-21-15(24)12(3)23(5)9-17(18,19)20/h6-8,12-13H,9H2,1-5H3,(H,21,24)(H,22,25)/t12-,13+/m0/s1. The lowest BCUT2D eigenvalue weighted by atomic mass is 10.1. The van der Waals surface area contributed by atoms with Crippen molar-refractivity contribution in [3.8, 4) is 5.75 Å². The van der Waals surface area contributed by atoms with Gasteiger partial charge in [0.2, 0.25) is 0 Å². The molecule has 0 bridgehead atoms. The van der Waals surface area contributed by atoms with Crippen LogP contribution in [0.25, 0.3) is 0 Å². The molecule has 0 radical (unpaired) electrons. The molecule has 2 atom stereocenters. The van der Waals surface area contributed by atoms with Gasteiger partial charge in [0.25, 0.3) is 11.8 Å². The van der Waals surface area contributed by atoms with Crippen LogP contribution in [0.3, 0.4) is 0 Å². The minimum Gasteiger partial charge on any atom is -0.481 e. The number of likely N-dealkylation sites (N-methyl/N-ethyl adjacent to an activating group) is 1. The molecule has 0 heterocycles. The van der Waals surface area contributed by atoms with Gasteiger partial charge in [0.15, 0.2) is 6.10 Å². The van der Waals surface area contributed by atoms with Gasteiger partial charge in [0.05, 0.1) is 12.6 Å². The molecule has 0 aromatic heterocycles. The minimum atomic E-state index is -4.42. The van der Waals surface area contributed by atoms with Crippen molar-refractivity contribution in [2.24, 2.45) is 0 Å². The van der Waals surface area contributed by atoms with Gasteiger partial charge in [-0.1, -0.05) is 12.1 Å². The summed E-state index contributed by atoms with van der Waals surface area (Å²) in [6.45, 7) is 5.34. The highest BCUT2D eigenvalue weighted by molar-refractivity contribution is 5.86. The number of nitrogens with one attached hydrogen (secondary N) is 2. The van der Waals surface area contributed by atoms with Crippen molar-refractivity contribution in [3.05, 3.63) is 29.3 Å². The van der Waals surface area contributed by atoms with Crippen LogP contribution in [0.15, 0.2) is 18.2 Å². The van der Waals surface area contributed by atoms with Crippen molar-refractivity contribution in [3.63, 3.8) is 0 Å². The number of hydrogen-bond donors (Lipinski definition) is 2. The fraction of sp³-hybridized carbons (Fsp3) is 0.529. The molecule has 146 valence electrons. The van der Waals surface area contributed by atoms with Gasteiger partial charge in [-0.05, 0) is 51.9 Å². The van der Waals surface area contributed by atoms with Gasteiger partial charge in [-0.15, -0.1) is 0 Å². The Balaban J connectivity index is 2.54. The van der Waals surface area contributed by atoms with Crippen LogP contribution in [-0.4, -0.2) is 48.6 Å². The molecule has 6 nitrogen and oxygen atoms in total. The molecule has 9 heteroatoms. The fourth-order valence-corrected chi connectivity index (χ4v) is 2.04. The third kappa shape index (κ3) is 6.55. The van der Waals surface area contributed by atoms with Gasteiger partial charge in [-0.25, -0.2) is 0 Å². The van der Waals surface area contributed by atoms with Crippen molar-refractivity contribution in [1.82, 2.24) is 15.8 Å². The number of aryl methyl sites for hydroxylation is 1. The van der Waals surface area contributed by atoms with E-state index in [1.54, 1.807) is 12.1 Å². The monoisotopic (exact) mass is 375 g/mol. The maximum atomic E-state index is 12.4. The zero-order valence-corrected chi connectivity index (χ0v) is 15.4. The number of nitrogens with zero attached hydrogens (tertiary/aromatic N) is 1. The van der Waals surface area contributed by atoms with E-state index in [0.717, 1.165) is 16.0 Å². The summed E-state index contributed by atoms with van der Waals surface area (Å²) in [6, 6.07) is 4.35. The number of hydrazine groups is 1. The lowest BCUT2D eigenvalue weighted by Crippen LogP contribution is -2.53. The second kappa shape index (κ2) is 8.88. The molecule has 2 amide bonds. The van der Waals surface area contributed by atoms with E-state index in [1.807, 2.05) is 19.9 Å². The highest BCUT2D eigenvalue weighted by Gasteiger charge is 2.32. The van der Waals surface area contributed by atoms with E-state index in [2.05, 4.69) is 10.9 Å². The highest BCUT2D eigenvalue weighted by atomic mass is 19.4. The Morgan fingerprint density at radius 2 is 1.73 bits per heavy atom. The molecule has 0 unspecified atom stereocenters. The van der Waals surface area contributed by atoms with Crippen molar-refractivity contribution in [2.75, 3.05) is 13.6 Å². The second-order valence-electron chi connectivity index (χ2n) is 6.14. The van der Waals surface area contributed by atoms with Crippen molar-refractivity contribution in [2.45, 2.75) is 46.0 Å². The molecule has 1 aromatic rings. The van der Waals surface area contributed by atoms with Gasteiger partial charge in [-0.3, -0.25) is 25.3 Å². The van der Waals surface area contributed by atoms with E-state index in [4.69, 9.17) is 4.74 Å². The van der Waals surface area contributed by atoms with Crippen LogP contribution in [0.1, 0.15) is 25.0 Å². The topological polar surface area (TPSA) is 70.7 Å². The number of amides is 2. The first-order valence-electron chi connectivity index (χ1n) is 8.02. The number of ether oxygens (including phenoxy) is 1. The first kappa shape index (κ1) is 21.8. The Morgan fingerprint density at radius 1 is 1.15 bits per heavy atom. The van der Waals surface area contributed by atoms with Gasteiger partial charge in [0.1, 0.15) is 5.75 Å². The number of carbonyl (C=O) groups excluding carboxylic acids is 2. The number of alkyl halides is 3. The third-order valence-electron chi connectivity index (χ3n) is 4.01. The van der Waals surface area contributed by atoms with E-state index in [9.17, 15) is 22.8 Å². The SMILES string of the molecule is Cc1cccc(O[C@H](C)C(=O)NNC(=O)[C@H](C)N(C)CC(F)(F)F)c1C. The smallest absolute Gasteiger partial charge is 0.401 e. The zero-order chi connectivity index (χ0) is 20.1. The van der Waals surface area contributed by atoms with E-state index in [1.165, 1.54) is 20.9 Å². The van der Waals surface area contributed by atoms with Gasteiger partial charge in [0, 0.05) is 0 Å². The van der Waals surface area contributed by atoms with Crippen LogP contribution in [0, 0.1) is 13.8 Å². The summed E-state index contributed by atoms with van der Waals surface area (Å²) in [5.74, 6) is -0.841. The number of carbonyl (C=O) groups is 2. The molecule has 0 saturated heterocycles. The molecule has 1 aromatic carbocycles. The minimum absolute atomic E-state index is 0.539. The summed E-state index contributed by atoms with van der Waals surface area (Å²) in [4.78, 5) is 24.7. The second-order valence-corrected chi connectivity index (χ2v) is 6.14. The highest BCUT2D eigenvalue weighted by Crippen LogP contribution is 2.21. The molecule has 26 heavy (non-hydrogen) atoms. The van der Waals surface area contributed by atoms with Crippen molar-refractivity contribution < 1.29 is 27.5 Å². The number of rotatable bonds is 6. The molecular weight excluding hydrogens is 351 g/mol. The third-order valence-corrected chi connectivity index (χ3v) is 4.01. The Hall–Kier alpha value is -2.29. The maximum Gasteiger partial charge on any atom is 0.401 e. The van der Waals surface area contributed by atoms with E-state index in [-0.39, 0.29) is 0 Å². The molecule has 0 spiro atoms. The van der Waals surface area contributed by atoms with Crippen LogP contribution in [-0.2, 0) is 9.59 Å². The summed E-state index contributed by atoms with van der Waals surface area (Å²) in [6.07, 6.45) is -5.32. The Kier molecular flexibility index (Phi) is 7.43. The van der Waals surface area contributed by atoms with Gasteiger partial charge >= 0.3 is 6.18 Å². The predicted molar refractivity (Wildman–Crippen MR) is 90.4 cm³/mol. The largest absolute Gasteiger partial charge is 0.481 e. The van der Waals surface area contributed by atoms with Crippen LogP contribution >= 0.6 is 0 Å². The summed E-state index contributed by atoms with van der Waals surface area (Å²) >= 11 is 0. The lowest BCUT2D eigenvalue weighted by Gasteiger charge is -2.25. The molecular formula is C17H24F3N3O3. The first-order chi connectivity index (χ1) is 11.9. The van der Waals surface area contributed by atoms with Crippen LogP contribution < -0.4 is 15.6 Å². The van der Waals surface area contributed by atoms with Crippen LogP contribution in [0.5, 0.6) is 5.75 Å². The van der Waals surface area contributed by atoms with E-state index < -0.39 is 36.7 Å². The molecule has 1 rings (SSSR count). The Morgan fingerprint density at radius 3 is 2.31 bits per heavy atom. The van der Waals surface area contributed by atoms with E-state index in [0.29, 0.717) is 5.75 Å². The summed E-state index contributed by atoms with van der Waals surface area (Å²) in [5.41, 5.74) is 6.17. The van der Waals surface area contributed by atoms with Gasteiger partial charge in [-0.2, -0.15) is 13.2 Å². The average Bonchev–Trinajstić information content (AvgIpc) is 2.54. The average molecular weight is 375 g/mol. The zero-order valence-electron chi connectivity index (χ0n) is 15.4. The fourth-order valence-electron chi connectivity index (χ4n) is 2.04. The molecule has 0 aliphatic heterocycles. The quantitative estimate of drug-likeness (QED) is 0.747. The number of benzene rings is 1. The molecule has 0 fully saturated rings. The van der Waals surface area contributed by atoms with Crippen molar-refractivity contribution in [1.29, 1.82) is 0 Å². The summed E-state index contributed by atoms with van der Waals surface area (Å²) < 4.78 is 42.6. The summed E-state index contributed by atoms with van der Waals surface area (Å²) in [7, 11) is 1.17. The van der Waals surface area contributed by atoms with Crippen molar-refractivity contribution >= 4 is 11.8 Å². The maximum absolute atomic E-state index is 12.4. The summed E-state index contributed by atoms with van der Waals surface area (Å²) in [5, 5.41) is 0.